The van der Waals surface area contributed by atoms with Crippen molar-refractivity contribution in [2.45, 2.75) is 72.5 Å². The van der Waals surface area contributed by atoms with E-state index in [4.69, 9.17) is 0 Å². The van der Waals surface area contributed by atoms with E-state index in [1.165, 1.54) is 35.1 Å². The lowest BCUT2D eigenvalue weighted by molar-refractivity contribution is 0.0752. The van der Waals surface area contributed by atoms with Crippen LogP contribution < -0.4 is 5.32 Å². The first-order valence-corrected chi connectivity index (χ1v) is 8.44. The van der Waals surface area contributed by atoms with E-state index in [1.54, 1.807) is 0 Å². The summed E-state index contributed by atoms with van der Waals surface area (Å²) in [7, 11) is 0. The molecule has 1 aromatic rings. The summed E-state index contributed by atoms with van der Waals surface area (Å²) in [5, 5.41) is 3.76. The van der Waals surface area contributed by atoms with Gasteiger partial charge in [-0.05, 0) is 57.2 Å². The van der Waals surface area contributed by atoms with Crippen LogP contribution in [0.15, 0.2) is 12.1 Å². The number of benzene rings is 1. The number of hydrogen-bond acceptors (Lipinski definition) is 2. The first-order chi connectivity index (χ1) is 9.88. The summed E-state index contributed by atoms with van der Waals surface area (Å²) in [5.74, 6) is 0. The third-order valence-corrected chi connectivity index (χ3v) is 5.29. The Bertz CT molecular complexity index is 471. The fraction of sp³-hybridized carbons (Fsp3) is 0.684. The van der Waals surface area contributed by atoms with Gasteiger partial charge in [0, 0.05) is 31.2 Å². The van der Waals surface area contributed by atoms with Gasteiger partial charge >= 0.3 is 0 Å². The van der Waals surface area contributed by atoms with Gasteiger partial charge in [0.2, 0.25) is 0 Å². The number of aryl methyl sites for hydroxylation is 3. The van der Waals surface area contributed by atoms with Crippen LogP contribution in [0.2, 0.25) is 0 Å². The largest absolute Gasteiger partial charge is 0.309 e. The van der Waals surface area contributed by atoms with Gasteiger partial charge in [-0.2, -0.15) is 0 Å². The van der Waals surface area contributed by atoms with E-state index in [9.17, 15) is 0 Å². The zero-order valence-corrected chi connectivity index (χ0v) is 14.7. The molecule has 2 heteroatoms. The predicted octanol–water partition coefficient (Wildman–Crippen LogP) is 3.96. The van der Waals surface area contributed by atoms with E-state index in [2.05, 4.69) is 63.9 Å². The molecule has 2 unspecified atom stereocenters. The second kappa shape index (κ2) is 6.50. The first kappa shape index (κ1) is 16.5. The smallest absolute Gasteiger partial charge is 0.0278 e. The summed E-state index contributed by atoms with van der Waals surface area (Å²) >= 11 is 0. The normalized spacial score (nSPS) is 27.0. The Labute approximate surface area is 130 Å². The van der Waals surface area contributed by atoms with Crippen LogP contribution in [0.1, 0.15) is 55.9 Å². The highest BCUT2D eigenvalue weighted by molar-refractivity contribution is 5.37. The first-order valence-electron chi connectivity index (χ1n) is 8.44. The summed E-state index contributed by atoms with van der Waals surface area (Å²) in [4.78, 5) is 2.70. The summed E-state index contributed by atoms with van der Waals surface area (Å²) in [6.45, 7) is 17.0. The average molecular weight is 288 g/mol. The monoisotopic (exact) mass is 288 g/mol. The highest BCUT2D eigenvalue weighted by Gasteiger charge is 2.33. The molecule has 2 nitrogen and oxygen atoms in total. The standard InChI is InChI=1S/C19H32N2/c1-7-17-11-20-19(6,8-2)13-21(17)12-18-15(4)9-14(3)10-16(18)5/h9-10,17,20H,7-8,11-13H2,1-6H3. The summed E-state index contributed by atoms with van der Waals surface area (Å²) in [6.07, 6.45) is 2.41. The lowest BCUT2D eigenvalue weighted by Crippen LogP contribution is -2.62. The zero-order valence-electron chi connectivity index (χ0n) is 14.7. The van der Waals surface area contributed by atoms with Crippen LogP contribution in [0.25, 0.3) is 0 Å². The summed E-state index contributed by atoms with van der Waals surface area (Å²) in [6, 6.07) is 5.30. The van der Waals surface area contributed by atoms with E-state index in [0.717, 1.165) is 19.6 Å². The van der Waals surface area contributed by atoms with Crippen molar-refractivity contribution in [2.24, 2.45) is 0 Å². The molecule has 2 rings (SSSR count). The fourth-order valence-corrected chi connectivity index (χ4v) is 3.61. The Balaban J connectivity index is 2.23. The lowest BCUT2D eigenvalue weighted by Gasteiger charge is -2.46. The lowest BCUT2D eigenvalue weighted by atomic mass is 9.91. The number of nitrogens with one attached hydrogen (secondary N) is 1. The van der Waals surface area contributed by atoms with Crippen molar-refractivity contribution in [2.75, 3.05) is 13.1 Å². The highest BCUT2D eigenvalue weighted by atomic mass is 15.2. The van der Waals surface area contributed by atoms with Crippen molar-refractivity contribution in [3.63, 3.8) is 0 Å². The Kier molecular flexibility index (Phi) is 5.11. The number of nitrogens with zero attached hydrogens (tertiary/aromatic N) is 1. The van der Waals surface area contributed by atoms with E-state index < -0.39 is 0 Å². The fourth-order valence-electron chi connectivity index (χ4n) is 3.61. The van der Waals surface area contributed by atoms with Crippen LogP contribution in [0, 0.1) is 20.8 Å². The molecule has 0 aromatic heterocycles. The Morgan fingerprint density at radius 3 is 2.33 bits per heavy atom. The van der Waals surface area contributed by atoms with Gasteiger partial charge in [0.25, 0.3) is 0 Å². The molecule has 0 aliphatic carbocycles. The molecule has 0 radical (unpaired) electrons. The number of hydrogen-bond donors (Lipinski definition) is 1. The molecular weight excluding hydrogens is 256 g/mol. The van der Waals surface area contributed by atoms with Crippen molar-refractivity contribution >= 4 is 0 Å². The Morgan fingerprint density at radius 2 is 1.81 bits per heavy atom. The second-order valence-corrected chi connectivity index (χ2v) is 7.14. The van der Waals surface area contributed by atoms with Gasteiger partial charge in [-0.15, -0.1) is 0 Å². The second-order valence-electron chi connectivity index (χ2n) is 7.14. The van der Waals surface area contributed by atoms with Crippen LogP contribution in [-0.4, -0.2) is 29.6 Å². The molecule has 2 atom stereocenters. The molecule has 1 heterocycles. The van der Waals surface area contributed by atoms with Crippen molar-refractivity contribution in [1.82, 2.24) is 10.2 Å². The topological polar surface area (TPSA) is 15.3 Å². The van der Waals surface area contributed by atoms with Gasteiger partial charge in [-0.25, -0.2) is 0 Å². The van der Waals surface area contributed by atoms with Gasteiger partial charge in [-0.3, -0.25) is 4.90 Å². The van der Waals surface area contributed by atoms with Gasteiger partial charge in [0.05, 0.1) is 0 Å². The predicted molar refractivity (Wildman–Crippen MR) is 91.8 cm³/mol. The third-order valence-electron chi connectivity index (χ3n) is 5.29. The quantitative estimate of drug-likeness (QED) is 0.902. The maximum Gasteiger partial charge on any atom is 0.0278 e. The average Bonchev–Trinajstić information content (AvgIpc) is 2.43. The molecule has 1 aromatic carbocycles. The maximum absolute atomic E-state index is 3.76. The molecule has 0 amide bonds. The van der Waals surface area contributed by atoms with Gasteiger partial charge in [0.1, 0.15) is 0 Å². The van der Waals surface area contributed by atoms with Crippen molar-refractivity contribution < 1.29 is 0 Å². The Hall–Kier alpha value is -0.860. The SMILES string of the molecule is CCC1CNC(C)(CC)CN1Cc1c(C)cc(C)cc1C. The molecule has 1 saturated heterocycles. The minimum absolute atomic E-state index is 0.262. The van der Waals surface area contributed by atoms with Crippen LogP contribution in [-0.2, 0) is 6.54 Å². The van der Waals surface area contributed by atoms with Crippen LogP contribution in [0.3, 0.4) is 0 Å². The van der Waals surface area contributed by atoms with E-state index in [1.807, 2.05) is 0 Å². The van der Waals surface area contributed by atoms with Gasteiger partial charge in [0.15, 0.2) is 0 Å². The van der Waals surface area contributed by atoms with E-state index in [0.29, 0.717) is 6.04 Å². The number of piperazine rings is 1. The zero-order chi connectivity index (χ0) is 15.6. The Morgan fingerprint density at radius 1 is 1.19 bits per heavy atom. The highest BCUT2D eigenvalue weighted by Crippen LogP contribution is 2.25. The maximum atomic E-state index is 3.76. The van der Waals surface area contributed by atoms with E-state index in [-0.39, 0.29) is 5.54 Å². The van der Waals surface area contributed by atoms with Gasteiger partial charge in [-0.1, -0.05) is 31.5 Å². The minimum atomic E-state index is 0.262. The molecule has 21 heavy (non-hydrogen) atoms. The molecule has 1 fully saturated rings. The van der Waals surface area contributed by atoms with Crippen LogP contribution >= 0.6 is 0 Å². The molecule has 118 valence electrons. The minimum Gasteiger partial charge on any atom is -0.309 e. The van der Waals surface area contributed by atoms with Crippen LogP contribution in [0.5, 0.6) is 0 Å². The third kappa shape index (κ3) is 3.67. The van der Waals surface area contributed by atoms with Crippen molar-refractivity contribution in [3.05, 3.63) is 34.4 Å². The van der Waals surface area contributed by atoms with Gasteiger partial charge < -0.3 is 5.32 Å². The van der Waals surface area contributed by atoms with E-state index >= 15 is 0 Å². The molecule has 1 aliphatic heterocycles. The summed E-state index contributed by atoms with van der Waals surface area (Å²) in [5.41, 5.74) is 6.05. The molecule has 0 saturated carbocycles. The summed E-state index contributed by atoms with van der Waals surface area (Å²) < 4.78 is 0. The molecule has 0 spiro atoms. The number of rotatable bonds is 4. The molecular formula is C19H32N2. The molecule has 1 N–H and O–H groups in total. The molecule has 0 bridgehead atoms. The van der Waals surface area contributed by atoms with Crippen molar-refractivity contribution in [3.8, 4) is 0 Å². The van der Waals surface area contributed by atoms with Crippen LogP contribution in [0.4, 0.5) is 0 Å². The van der Waals surface area contributed by atoms with Crippen molar-refractivity contribution in [1.29, 1.82) is 0 Å². The molecule has 1 aliphatic rings.